The summed E-state index contributed by atoms with van der Waals surface area (Å²) >= 11 is 3.56. The minimum Gasteiger partial charge on any atom is -0.442 e. The van der Waals surface area contributed by atoms with Crippen molar-refractivity contribution in [3.05, 3.63) is 64.3 Å². The van der Waals surface area contributed by atoms with Crippen molar-refractivity contribution in [3.63, 3.8) is 0 Å². The van der Waals surface area contributed by atoms with Crippen LogP contribution in [0, 0.1) is 5.41 Å². The van der Waals surface area contributed by atoms with Crippen molar-refractivity contribution in [1.29, 1.82) is 0 Å². The molecule has 1 aliphatic heterocycles. The van der Waals surface area contributed by atoms with Crippen LogP contribution in [0.5, 0.6) is 0 Å². The van der Waals surface area contributed by atoms with E-state index in [1.807, 2.05) is 45.6 Å². The van der Waals surface area contributed by atoms with Gasteiger partial charge < -0.3 is 19.9 Å². The highest BCUT2D eigenvalue weighted by molar-refractivity contribution is 9.10. The van der Waals surface area contributed by atoms with Crippen LogP contribution in [0.25, 0.3) is 11.3 Å². The second kappa shape index (κ2) is 10.6. The Hall–Kier alpha value is -3.80. The third-order valence-electron chi connectivity index (χ3n) is 7.36. The third-order valence-corrected chi connectivity index (χ3v) is 7.86. The van der Waals surface area contributed by atoms with Gasteiger partial charge in [-0.15, -0.1) is 5.10 Å². The first kappa shape index (κ1) is 26.4. The number of esters is 1. The SMILES string of the molecule is CC(C)(C)C(=O)OCn1cc(C2CCN(c3ncc(-c4cnc(NC5Cc6ccc(Br)cc6C5)nc4)[nH]3)C2)nn1. The Bertz CT molecular complexity index is 1510. The van der Waals surface area contributed by atoms with Crippen molar-refractivity contribution in [2.45, 2.75) is 58.7 Å². The maximum Gasteiger partial charge on any atom is 0.313 e. The molecular formula is C28H32BrN9O2. The molecule has 0 spiro atoms. The second-order valence-corrected chi connectivity index (χ2v) is 12.4. The Morgan fingerprint density at radius 1 is 1.15 bits per heavy atom. The highest BCUT2D eigenvalue weighted by atomic mass is 79.9. The predicted molar refractivity (Wildman–Crippen MR) is 154 cm³/mol. The summed E-state index contributed by atoms with van der Waals surface area (Å²) < 4.78 is 8.02. The molecule has 208 valence electrons. The molecule has 4 heterocycles. The van der Waals surface area contributed by atoms with Crippen molar-refractivity contribution in [2.75, 3.05) is 23.3 Å². The molecule has 2 atom stereocenters. The summed E-state index contributed by atoms with van der Waals surface area (Å²) in [5, 5.41) is 11.9. The van der Waals surface area contributed by atoms with Crippen molar-refractivity contribution in [1.82, 2.24) is 34.9 Å². The number of nitrogens with one attached hydrogen (secondary N) is 2. The summed E-state index contributed by atoms with van der Waals surface area (Å²) in [5.41, 5.74) is 4.82. The lowest BCUT2D eigenvalue weighted by Crippen LogP contribution is -2.24. The molecule has 1 fully saturated rings. The van der Waals surface area contributed by atoms with Gasteiger partial charge in [0, 0.05) is 47.5 Å². The number of benzene rings is 1. The molecule has 0 amide bonds. The molecule has 0 saturated carbocycles. The molecule has 11 nitrogen and oxygen atoms in total. The molecule has 2 N–H and O–H groups in total. The third kappa shape index (κ3) is 5.72. The fourth-order valence-corrected chi connectivity index (χ4v) is 5.54. The summed E-state index contributed by atoms with van der Waals surface area (Å²) in [7, 11) is 0. The number of ether oxygens (including phenoxy) is 1. The number of halogens is 1. The summed E-state index contributed by atoms with van der Waals surface area (Å²) in [5.74, 6) is 1.39. The van der Waals surface area contributed by atoms with Gasteiger partial charge in [0.2, 0.25) is 11.9 Å². The fourth-order valence-electron chi connectivity index (χ4n) is 5.13. The first-order valence-corrected chi connectivity index (χ1v) is 14.2. The second-order valence-electron chi connectivity index (χ2n) is 11.5. The number of imidazole rings is 1. The van der Waals surface area contributed by atoms with Gasteiger partial charge in [0.25, 0.3) is 0 Å². The Balaban J connectivity index is 1.03. The molecule has 2 unspecified atom stereocenters. The topological polar surface area (TPSA) is 127 Å². The molecule has 3 aromatic heterocycles. The summed E-state index contributed by atoms with van der Waals surface area (Å²) in [4.78, 5) is 31.4. The van der Waals surface area contributed by atoms with Gasteiger partial charge in [-0.3, -0.25) is 4.79 Å². The zero-order valence-corrected chi connectivity index (χ0v) is 24.3. The van der Waals surface area contributed by atoms with Crippen LogP contribution in [0.2, 0.25) is 0 Å². The van der Waals surface area contributed by atoms with Crippen LogP contribution in [0.4, 0.5) is 11.9 Å². The van der Waals surface area contributed by atoms with E-state index in [-0.39, 0.29) is 24.7 Å². The molecular weight excluding hydrogens is 574 g/mol. The molecule has 0 bridgehead atoms. The number of hydrogen-bond donors (Lipinski definition) is 2. The highest BCUT2D eigenvalue weighted by Crippen LogP contribution is 2.30. The van der Waals surface area contributed by atoms with Crippen molar-refractivity contribution in [3.8, 4) is 11.3 Å². The van der Waals surface area contributed by atoms with Gasteiger partial charge in [0.05, 0.1) is 29.2 Å². The number of nitrogens with zero attached hydrogens (tertiary/aromatic N) is 7. The molecule has 6 rings (SSSR count). The molecule has 4 aromatic rings. The average molecular weight is 607 g/mol. The van der Waals surface area contributed by atoms with Crippen LogP contribution in [-0.2, 0) is 29.1 Å². The molecule has 0 radical (unpaired) electrons. The lowest BCUT2D eigenvalue weighted by atomic mass is 9.98. The molecule has 1 saturated heterocycles. The van der Waals surface area contributed by atoms with E-state index in [0.29, 0.717) is 5.95 Å². The Morgan fingerprint density at radius 2 is 1.95 bits per heavy atom. The minimum absolute atomic E-state index is 0.0593. The quantitative estimate of drug-likeness (QED) is 0.296. The molecule has 2 aliphatic rings. The smallest absolute Gasteiger partial charge is 0.313 e. The first-order valence-electron chi connectivity index (χ1n) is 13.4. The van der Waals surface area contributed by atoms with E-state index in [4.69, 9.17) is 4.74 Å². The van der Waals surface area contributed by atoms with E-state index in [1.165, 1.54) is 11.1 Å². The number of aromatic amines is 1. The monoisotopic (exact) mass is 605 g/mol. The summed E-state index contributed by atoms with van der Waals surface area (Å²) in [6, 6.07) is 6.75. The van der Waals surface area contributed by atoms with Gasteiger partial charge in [-0.25, -0.2) is 19.6 Å². The average Bonchev–Trinajstić information content (AvgIpc) is 3.72. The Kier molecular flexibility index (Phi) is 7.03. The van der Waals surface area contributed by atoms with Gasteiger partial charge in [-0.2, -0.15) is 0 Å². The number of anilines is 2. The van der Waals surface area contributed by atoms with Gasteiger partial charge in [0.1, 0.15) is 0 Å². The zero-order chi connectivity index (χ0) is 27.9. The largest absolute Gasteiger partial charge is 0.442 e. The van der Waals surface area contributed by atoms with Crippen molar-refractivity contribution >= 4 is 33.8 Å². The minimum atomic E-state index is -0.553. The number of aromatic nitrogens is 7. The molecule has 40 heavy (non-hydrogen) atoms. The molecule has 12 heteroatoms. The maximum atomic E-state index is 12.0. The van der Waals surface area contributed by atoms with Crippen LogP contribution >= 0.6 is 15.9 Å². The van der Waals surface area contributed by atoms with E-state index >= 15 is 0 Å². The maximum absolute atomic E-state index is 12.0. The number of rotatable bonds is 7. The molecule has 1 aliphatic carbocycles. The Labute approximate surface area is 240 Å². The van der Waals surface area contributed by atoms with E-state index in [9.17, 15) is 4.79 Å². The first-order chi connectivity index (χ1) is 19.2. The van der Waals surface area contributed by atoms with Crippen LogP contribution in [0.1, 0.15) is 49.9 Å². The number of H-pyrrole nitrogens is 1. The van der Waals surface area contributed by atoms with Gasteiger partial charge >= 0.3 is 5.97 Å². The summed E-state index contributed by atoms with van der Waals surface area (Å²) in [6.45, 7) is 7.15. The van der Waals surface area contributed by atoms with E-state index in [0.717, 1.165) is 59.7 Å². The Morgan fingerprint density at radius 3 is 2.75 bits per heavy atom. The number of carbonyl (C=O) groups is 1. The fraction of sp³-hybridized carbons (Fsp3) is 0.429. The van der Waals surface area contributed by atoms with E-state index < -0.39 is 5.41 Å². The van der Waals surface area contributed by atoms with Crippen LogP contribution in [0.3, 0.4) is 0 Å². The standard InChI is InChI=1S/C28H32BrN9O2/c1-28(2,3)25(39)40-16-38-15-24(35-36-38)18-6-7-37(14-18)27-32-13-23(34-27)20-11-30-26(31-12-20)33-22-9-17-4-5-21(29)8-19(17)10-22/h4-5,8,11-13,15,18,22H,6-7,9-10,14,16H2,1-3H3,(H,32,34)(H,30,31,33). The van der Waals surface area contributed by atoms with Crippen molar-refractivity contribution in [2.24, 2.45) is 5.41 Å². The van der Waals surface area contributed by atoms with Gasteiger partial charge in [-0.1, -0.05) is 27.2 Å². The van der Waals surface area contributed by atoms with Gasteiger partial charge in [0.15, 0.2) is 6.73 Å². The van der Waals surface area contributed by atoms with Crippen LogP contribution in [0.15, 0.2) is 47.5 Å². The van der Waals surface area contributed by atoms with Crippen molar-refractivity contribution < 1.29 is 9.53 Å². The van der Waals surface area contributed by atoms with E-state index in [2.05, 4.69) is 74.6 Å². The molecule has 1 aromatic carbocycles. The lowest BCUT2D eigenvalue weighted by Gasteiger charge is -2.16. The normalized spacial score (nSPS) is 18.6. The number of carbonyl (C=O) groups excluding carboxylic acids is 1. The van der Waals surface area contributed by atoms with Gasteiger partial charge in [-0.05, 0) is 63.3 Å². The predicted octanol–water partition coefficient (Wildman–Crippen LogP) is 4.34. The lowest BCUT2D eigenvalue weighted by molar-refractivity contribution is -0.157. The van der Waals surface area contributed by atoms with Crippen LogP contribution in [-0.4, -0.2) is 60.0 Å². The highest BCUT2D eigenvalue weighted by Gasteiger charge is 2.29. The van der Waals surface area contributed by atoms with E-state index in [1.54, 1.807) is 4.68 Å². The van der Waals surface area contributed by atoms with Crippen LogP contribution < -0.4 is 10.2 Å². The summed E-state index contributed by atoms with van der Waals surface area (Å²) in [6.07, 6.45) is 10.2. The zero-order valence-electron chi connectivity index (χ0n) is 22.8. The number of hydrogen-bond acceptors (Lipinski definition) is 9. The number of fused-ring (bicyclic) bond motifs is 1.